The number of likely N-dealkylation sites (tertiary alicyclic amines) is 1. The van der Waals surface area contributed by atoms with E-state index in [1.54, 1.807) is 6.20 Å². The molecule has 0 radical (unpaired) electrons. The number of hydrogen-bond acceptors (Lipinski definition) is 4. The molecular formula is C24H24N4O2. The third kappa shape index (κ3) is 4.38. The molecule has 1 saturated heterocycles. The van der Waals surface area contributed by atoms with Gasteiger partial charge < -0.3 is 10.2 Å². The Hall–Kier alpha value is -3.54. The minimum atomic E-state index is -0.227. The van der Waals surface area contributed by atoms with Crippen molar-refractivity contribution in [1.29, 1.82) is 0 Å². The third-order valence-electron chi connectivity index (χ3n) is 5.37. The molecule has 0 aliphatic carbocycles. The van der Waals surface area contributed by atoms with Gasteiger partial charge in [-0.25, -0.2) is 9.97 Å². The smallest absolute Gasteiger partial charge is 0.259 e. The van der Waals surface area contributed by atoms with Crippen LogP contribution in [0.15, 0.2) is 66.9 Å². The molecule has 0 unspecified atom stereocenters. The van der Waals surface area contributed by atoms with E-state index in [-0.39, 0.29) is 17.7 Å². The number of nitrogens with one attached hydrogen (secondary N) is 1. The quantitative estimate of drug-likeness (QED) is 0.717. The Bertz CT molecular complexity index is 1040. The first-order valence-electron chi connectivity index (χ1n) is 10.2. The van der Waals surface area contributed by atoms with Crippen molar-refractivity contribution in [3.05, 3.63) is 89.5 Å². The zero-order valence-electron chi connectivity index (χ0n) is 16.9. The molecule has 6 nitrogen and oxygen atoms in total. The number of amides is 2. The first-order chi connectivity index (χ1) is 14.6. The van der Waals surface area contributed by atoms with Crippen LogP contribution in [0, 0.1) is 6.92 Å². The lowest BCUT2D eigenvalue weighted by molar-refractivity contribution is 0.0704. The van der Waals surface area contributed by atoms with E-state index in [4.69, 9.17) is 0 Å². The van der Waals surface area contributed by atoms with E-state index >= 15 is 0 Å². The van der Waals surface area contributed by atoms with Crippen LogP contribution in [-0.2, 0) is 0 Å². The minimum absolute atomic E-state index is 0.0379. The largest absolute Gasteiger partial charge is 0.338 e. The van der Waals surface area contributed by atoms with E-state index in [0.717, 1.165) is 25.1 Å². The lowest BCUT2D eigenvalue weighted by Gasteiger charge is -2.32. The van der Waals surface area contributed by atoms with Crippen LogP contribution in [-0.4, -0.2) is 39.8 Å². The predicted octanol–water partition coefficient (Wildman–Crippen LogP) is 4.06. The number of aryl methyl sites for hydroxylation is 1. The van der Waals surface area contributed by atoms with Crippen molar-refractivity contribution in [3.63, 3.8) is 0 Å². The average Bonchev–Trinajstić information content (AvgIpc) is 2.80. The van der Waals surface area contributed by atoms with Crippen LogP contribution in [0.25, 0.3) is 0 Å². The van der Waals surface area contributed by atoms with E-state index in [9.17, 15) is 9.59 Å². The molecule has 4 rings (SSSR count). The summed E-state index contributed by atoms with van der Waals surface area (Å²) in [5, 5.41) is 2.87. The summed E-state index contributed by atoms with van der Waals surface area (Å²) >= 11 is 0. The van der Waals surface area contributed by atoms with Gasteiger partial charge in [-0.3, -0.25) is 9.59 Å². The molecule has 1 N–H and O–H groups in total. The number of piperidine rings is 1. The van der Waals surface area contributed by atoms with Gasteiger partial charge in [-0.05, 0) is 44.0 Å². The van der Waals surface area contributed by atoms with E-state index in [2.05, 4.69) is 15.3 Å². The monoisotopic (exact) mass is 400 g/mol. The number of carbonyl (C=O) groups excluding carboxylic acids is 2. The number of hydrogen-bond donors (Lipinski definition) is 1. The van der Waals surface area contributed by atoms with Crippen LogP contribution < -0.4 is 5.32 Å². The molecule has 1 atom stereocenters. The van der Waals surface area contributed by atoms with Gasteiger partial charge >= 0.3 is 0 Å². The number of anilines is 1. The van der Waals surface area contributed by atoms with Crippen molar-refractivity contribution >= 4 is 17.5 Å². The van der Waals surface area contributed by atoms with Crippen LogP contribution >= 0.6 is 0 Å². The van der Waals surface area contributed by atoms with Gasteiger partial charge in [0.1, 0.15) is 5.82 Å². The second kappa shape index (κ2) is 8.86. The summed E-state index contributed by atoms with van der Waals surface area (Å²) in [6.45, 7) is 3.14. The first-order valence-corrected chi connectivity index (χ1v) is 10.2. The van der Waals surface area contributed by atoms with Gasteiger partial charge in [0.25, 0.3) is 11.8 Å². The van der Waals surface area contributed by atoms with Crippen molar-refractivity contribution in [3.8, 4) is 0 Å². The highest BCUT2D eigenvalue weighted by molar-refractivity contribution is 6.04. The number of benzene rings is 2. The molecule has 0 saturated carbocycles. The molecule has 1 aliphatic heterocycles. The molecule has 2 heterocycles. The maximum absolute atomic E-state index is 12.8. The molecule has 1 fully saturated rings. The molecule has 152 valence electrons. The lowest BCUT2D eigenvalue weighted by Crippen LogP contribution is -2.39. The fraction of sp³-hybridized carbons (Fsp3) is 0.250. The van der Waals surface area contributed by atoms with Crippen LogP contribution in [0.3, 0.4) is 0 Å². The van der Waals surface area contributed by atoms with Gasteiger partial charge in [0.15, 0.2) is 0 Å². The fourth-order valence-corrected chi connectivity index (χ4v) is 3.76. The fourth-order valence-electron chi connectivity index (χ4n) is 3.76. The molecule has 30 heavy (non-hydrogen) atoms. The van der Waals surface area contributed by atoms with Crippen LogP contribution in [0.2, 0.25) is 0 Å². The Labute approximate surface area is 176 Å². The maximum Gasteiger partial charge on any atom is 0.259 e. The number of nitrogens with zero attached hydrogens (tertiary/aromatic N) is 3. The molecule has 0 bridgehead atoms. The molecule has 2 aromatic carbocycles. The molecule has 6 heteroatoms. The number of aromatic nitrogens is 2. The molecular weight excluding hydrogens is 376 g/mol. The average molecular weight is 400 g/mol. The molecule has 3 aromatic rings. The Morgan fingerprint density at radius 2 is 1.73 bits per heavy atom. The predicted molar refractivity (Wildman–Crippen MR) is 115 cm³/mol. The highest BCUT2D eigenvalue weighted by Gasteiger charge is 2.27. The summed E-state index contributed by atoms with van der Waals surface area (Å²) in [5.74, 6) is 0.566. The number of rotatable bonds is 4. The molecule has 2 amide bonds. The minimum Gasteiger partial charge on any atom is -0.338 e. The van der Waals surface area contributed by atoms with Crippen molar-refractivity contribution in [2.24, 2.45) is 0 Å². The Balaban J connectivity index is 1.47. The van der Waals surface area contributed by atoms with E-state index in [1.165, 1.54) is 0 Å². The van der Waals surface area contributed by atoms with Crippen molar-refractivity contribution in [2.75, 3.05) is 18.4 Å². The maximum atomic E-state index is 12.8. The first kappa shape index (κ1) is 19.8. The normalized spacial score (nSPS) is 16.2. The van der Waals surface area contributed by atoms with Gasteiger partial charge in [-0.2, -0.15) is 0 Å². The van der Waals surface area contributed by atoms with Crippen molar-refractivity contribution in [1.82, 2.24) is 14.9 Å². The summed E-state index contributed by atoms with van der Waals surface area (Å²) in [6, 6.07) is 18.6. The summed E-state index contributed by atoms with van der Waals surface area (Å²) in [4.78, 5) is 36.3. The van der Waals surface area contributed by atoms with Crippen molar-refractivity contribution in [2.45, 2.75) is 25.7 Å². The van der Waals surface area contributed by atoms with E-state index in [1.807, 2.05) is 72.5 Å². The summed E-state index contributed by atoms with van der Waals surface area (Å²) in [6.07, 6.45) is 3.42. The Kier molecular flexibility index (Phi) is 5.84. The second-order valence-corrected chi connectivity index (χ2v) is 7.50. The van der Waals surface area contributed by atoms with Crippen LogP contribution in [0.5, 0.6) is 0 Å². The van der Waals surface area contributed by atoms with E-state index < -0.39 is 0 Å². The molecule has 1 aliphatic rings. The Morgan fingerprint density at radius 1 is 1.03 bits per heavy atom. The standard InChI is InChI=1S/C24H24N4O2/c1-17-21(23(29)27-20-12-6-3-7-13-20)15-25-22(26-17)19-11-8-14-28(16-19)24(30)18-9-4-2-5-10-18/h2-7,9-10,12-13,15,19H,8,11,14,16H2,1H3,(H,27,29)/t19-/m0/s1. The third-order valence-corrected chi connectivity index (χ3v) is 5.37. The van der Waals surface area contributed by atoms with Gasteiger partial charge in [0.05, 0.1) is 11.3 Å². The second-order valence-electron chi connectivity index (χ2n) is 7.50. The van der Waals surface area contributed by atoms with Gasteiger partial charge in [0.2, 0.25) is 0 Å². The van der Waals surface area contributed by atoms with Gasteiger partial charge in [-0.1, -0.05) is 36.4 Å². The topological polar surface area (TPSA) is 75.2 Å². The summed E-state index contributed by atoms with van der Waals surface area (Å²) in [7, 11) is 0. The van der Waals surface area contributed by atoms with Crippen LogP contribution in [0.1, 0.15) is 51.0 Å². The van der Waals surface area contributed by atoms with Crippen LogP contribution in [0.4, 0.5) is 5.69 Å². The van der Waals surface area contributed by atoms with E-state index in [0.29, 0.717) is 29.2 Å². The highest BCUT2D eigenvalue weighted by atomic mass is 16.2. The number of para-hydroxylation sites is 1. The summed E-state index contributed by atoms with van der Waals surface area (Å²) in [5.41, 5.74) is 2.52. The Morgan fingerprint density at radius 3 is 2.43 bits per heavy atom. The molecule has 0 spiro atoms. The zero-order valence-corrected chi connectivity index (χ0v) is 16.9. The summed E-state index contributed by atoms with van der Waals surface area (Å²) < 4.78 is 0. The van der Waals surface area contributed by atoms with Gasteiger partial charge in [-0.15, -0.1) is 0 Å². The lowest BCUT2D eigenvalue weighted by atomic mass is 9.96. The van der Waals surface area contributed by atoms with Gasteiger partial charge in [0, 0.05) is 36.5 Å². The SMILES string of the molecule is Cc1nc([C@H]2CCCN(C(=O)c3ccccc3)C2)ncc1C(=O)Nc1ccccc1. The molecule has 1 aromatic heterocycles. The van der Waals surface area contributed by atoms with Crippen molar-refractivity contribution < 1.29 is 9.59 Å². The highest BCUT2D eigenvalue weighted by Crippen LogP contribution is 2.26. The zero-order chi connectivity index (χ0) is 20.9. The number of carbonyl (C=O) groups is 2.